The van der Waals surface area contributed by atoms with Gasteiger partial charge in [-0.2, -0.15) is 0 Å². The molecule has 0 spiro atoms. The van der Waals surface area contributed by atoms with Crippen LogP contribution in [0, 0.1) is 6.92 Å². The van der Waals surface area contributed by atoms with Crippen LogP contribution >= 0.6 is 0 Å². The summed E-state index contributed by atoms with van der Waals surface area (Å²) >= 11 is 0. The summed E-state index contributed by atoms with van der Waals surface area (Å²) in [5.41, 5.74) is 3.39. The summed E-state index contributed by atoms with van der Waals surface area (Å²) in [5, 5.41) is 20.3. The number of amides is 2. The summed E-state index contributed by atoms with van der Waals surface area (Å²) in [6.07, 6.45) is 1.64. The Morgan fingerprint density at radius 3 is 2.35 bits per heavy atom. The van der Waals surface area contributed by atoms with Gasteiger partial charge in [-0.25, -0.2) is 5.48 Å². The zero-order valence-corrected chi connectivity index (χ0v) is 17.5. The maximum atomic E-state index is 13.1. The molecule has 2 unspecified atom stereocenters. The lowest BCUT2D eigenvalue weighted by molar-refractivity contribution is -0.147. The molecule has 0 saturated carbocycles. The number of Topliss-reactive ketones (excluding diaryl/α,β-unsaturated/α-hetero) is 1. The highest BCUT2D eigenvalue weighted by atomic mass is 16.5. The maximum absolute atomic E-state index is 13.1. The minimum absolute atomic E-state index is 0.0715. The summed E-state index contributed by atoms with van der Waals surface area (Å²) < 4.78 is 0. The van der Waals surface area contributed by atoms with E-state index in [0.717, 1.165) is 12.0 Å². The summed E-state index contributed by atoms with van der Waals surface area (Å²) in [4.78, 5) is 40.0. The highest BCUT2D eigenvalue weighted by Crippen LogP contribution is 2.42. The Kier molecular flexibility index (Phi) is 6.87. The predicted molar refractivity (Wildman–Crippen MR) is 115 cm³/mol. The number of nitrogens with one attached hydrogen (secondary N) is 1. The van der Waals surface area contributed by atoms with Crippen LogP contribution in [0.25, 0.3) is 5.76 Å². The Morgan fingerprint density at radius 1 is 1.10 bits per heavy atom. The third kappa shape index (κ3) is 4.22. The Balaban J connectivity index is 2.25. The second kappa shape index (κ2) is 9.57. The molecule has 0 aliphatic carbocycles. The van der Waals surface area contributed by atoms with E-state index < -0.39 is 29.7 Å². The SMILES string of the molecule is CCCCC(C(=O)NO)N1C(=O)C(=O)C(=C(O)c2ccccc2)C1c1ccccc1C. The van der Waals surface area contributed by atoms with Crippen molar-refractivity contribution in [2.75, 3.05) is 0 Å². The molecule has 1 aliphatic heterocycles. The Bertz CT molecular complexity index is 1020. The van der Waals surface area contributed by atoms with E-state index in [-0.39, 0.29) is 17.8 Å². The molecule has 1 saturated heterocycles. The lowest BCUT2D eigenvalue weighted by Gasteiger charge is -2.32. The summed E-state index contributed by atoms with van der Waals surface area (Å²) in [7, 11) is 0. The summed E-state index contributed by atoms with van der Waals surface area (Å²) in [6, 6.07) is 13.7. The van der Waals surface area contributed by atoms with Crippen LogP contribution in [0.5, 0.6) is 0 Å². The third-order valence-electron chi connectivity index (χ3n) is 5.59. The smallest absolute Gasteiger partial charge is 0.296 e. The van der Waals surface area contributed by atoms with Crippen LogP contribution in [0.3, 0.4) is 0 Å². The van der Waals surface area contributed by atoms with E-state index in [1.807, 2.05) is 26.0 Å². The molecular weight excluding hydrogens is 396 g/mol. The lowest BCUT2D eigenvalue weighted by atomic mass is 9.91. The quantitative estimate of drug-likeness (QED) is 0.208. The minimum atomic E-state index is -1.06. The minimum Gasteiger partial charge on any atom is -0.507 e. The number of ketones is 1. The third-order valence-corrected chi connectivity index (χ3v) is 5.59. The van der Waals surface area contributed by atoms with Crippen LogP contribution in [-0.4, -0.2) is 38.9 Å². The van der Waals surface area contributed by atoms with Crippen LogP contribution in [0.15, 0.2) is 60.2 Å². The number of likely N-dealkylation sites (tertiary alicyclic amines) is 1. The topological polar surface area (TPSA) is 107 Å². The number of aliphatic hydroxyl groups is 1. The first-order chi connectivity index (χ1) is 14.9. The van der Waals surface area contributed by atoms with Gasteiger partial charge in [0.2, 0.25) is 0 Å². The zero-order chi connectivity index (χ0) is 22.5. The molecule has 31 heavy (non-hydrogen) atoms. The van der Waals surface area contributed by atoms with Gasteiger partial charge in [-0.3, -0.25) is 19.6 Å². The van der Waals surface area contributed by atoms with Gasteiger partial charge in [0.15, 0.2) is 0 Å². The Morgan fingerprint density at radius 2 is 1.74 bits per heavy atom. The highest BCUT2D eigenvalue weighted by Gasteiger charge is 2.50. The van der Waals surface area contributed by atoms with E-state index in [1.54, 1.807) is 47.9 Å². The monoisotopic (exact) mass is 422 g/mol. The first-order valence-corrected chi connectivity index (χ1v) is 10.3. The van der Waals surface area contributed by atoms with Crippen LogP contribution < -0.4 is 5.48 Å². The van der Waals surface area contributed by atoms with Crippen LogP contribution in [0.1, 0.15) is 48.9 Å². The van der Waals surface area contributed by atoms with Gasteiger partial charge in [0.25, 0.3) is 17.6 Å². The number of unbranched alkanes of at least 4 members (excludes halogenated alkanes) is 1. The van der Waals surface area contributed by atoms with Gasteiger partial charge in [0.05, 0.1) is 11.6 Å². The van der Waals surface area contributed by atoms with Crippen molar-refractivity contribution in [3.05, 3.63) is 76.9 Å². The molecule has 1 heterocycles. The van der Waals surface area contributed by atoms with Gasteiger partial charge in [0, 0.05) is 5.56 Å². The number of nitrogens with zero attached hydrogens (tertiary/aromatic N) is 1. The molecule has 3 N–H and O–H groups in total. The molecule has 1 aliphatic rings. The molecule has 3 rings (SSSR count). The molecule has 162 valence electrons. The van der Waals surface area contributed by atoms with Crippen molar-refractivity contribution in [1.82, 2.24) is 10.4 Å². The maximum Gasteiger partial charge on any atom is 0.296 e. The van der Waals surface area contributed by atoms with Gasteiger partial charge < -0.3 is 10.0 Å². The van der Waals surface area contributed by atoms with Crippen molar-refractivity contribution in [2.24, 2.45) is 0 Å². The largest absolute Gasteiger partial charge is 0.507 e. The van der Waals surface area contributed by atoms with E-state index in [0.29, 0.717) is 17.5 Å². The van der Waals surface area contributed by atoms with Gasteiger partial charge in [-0.15, -0.1) is 0 Å². The molecule has 7 heteroatoms. The molecule has 7 nitrogen and oxygen atoms in total. The Labute approximate surface area is 181 Å². The Hall–Kier alpha value is -3.45. The summed E-state index contributed by atoms with van der Waals surface area (Å²) in [6.45, 7) is 3.78. The fourth-order valence-electron chi connectivity index (χ4n) is 3.99. The fourth-order valence-corrected chi connectivity index (χ4v) is 3.99. The second-order valence-electron chi connectivity index (χ2n) is 7.56. The van der Waals surface area contributed by atoms with Crippen LogP contribution in [0.2, 0.25) is 0 Å². The lowest BCUT2D eigenvalue weighted by Crippen LogP contribution is -2.48. The second-order valence-corrected chi connectivity index (χ2v) is 7.56. The van der Waals surface area contributed by atoms with E-state index in [1.165, 1.54) is 4.90 Å². The fraction of sp³-hybridized carbons (Fsp3) is 0.292. The molecular formula is C24H26N2O5. The standard InChI is InChI=1S/C24H26N2O5/c1-3-4-14-18(23(29)25-31)26-20(17-13-9-8-10-15(17)2)19(22(28)24(26)30)21(27)16-11-6-5-7-12-16/h5-13,18,20,27,31H,3-4,14H2,1-2H3,(H,25,29). The van der Waals surface area contributed by atoms with Gasteiger partial charge in [0.1, 0.15) is 11.8 Å². The van der Waals surface area contributed by atoms with Gasteiger partial charge in [-0.1, -0.05) is 74.4 Å². The molecule has 1 fully saturated rings. The number of carbonyl (C=O) groups is 3. The predicted octanol–water partition coefficient (Wildman–Crippen LogP) is 3.48. The van der Waals surface area contributed by atoms with Crippen molar-refractivity contribution in [3.63, 3.8) is 0 Å². The molecule has 0 bridgehead atoms. The van der Waals surface area contributed by atoms with Crippen molar-refractivity contribution < 1.29 is 24.7 Å². The number of hydrogen-bond acceptors (Lipinski definition) is 5. The number of carbonyl (C=O) groups excluding carboxylic acids is 3. The van der Waals surface area contributed by atoms with Crippen LogP contribution in [-0.2, 0) is 14.4 Å². The van der Waals surface area contributed by atoms with E-state index >= 15 is 0 Å². The molecule has 0 aromatic heterocycles. The highest BCUT2D eigenvalue weighted by molar-refractivity contribution is 6.47. The van der Waals surface area contributed by atoms with Crippen molar-refractivity contribution in [2.45, 2.75) is 45.2 Å². The molecule has 2 amide bonds. The van der Waals surface area contributed by atoms with Gasteiger partial charge in [-0.05, 0) is 24.5 Å². The molecule has 0 radical (unpaired) electrons. The number of aryl methyl sites for hydroxylation is 1. The first-order valence-electron chi connectivity index (χ1n) is 10.3. The normalized spacial score (nSPS) is 18.8. The number of aliphatic hydroxyl groups excluding tert-OH is 1. The molecule has 2 aromatic carbocycles. The van der Waals surface area contributed by atoms with Crippen molar-refractivity contribution in [3.8, 4) is 0 Å². The van der Waals surface area contributed by atoms with Crippen LogP contribution in [0.4, 0.5) is 0 Å². The van der Waals surface area contributed by atoms with Crippen molar-refractivity contribution >= 4 is 23.4 Å². The van der Waals surface area contributed by atoms with E-state index in [2.05, 4.69) is 0 Å². The first kappa shape index (κ1) is 22.2. The molecule has 2 aromatic rings. The number of rotatable bonds is 7. The average molecular weight is 422 g/mol. The zero-order valence-electron chi connectivity index (χ0n) is 17.5. The summed E-state index contributed by atoms with van der Waals surface area (Å²) in [5.74, 6) is -2.81. The van der Waals surface area contributed by atoms with Gasteiger partial charge >= 0.3 is 0 Å². The number of benzene rings is 2. The average Bonchev–Trinajstić information content (AvgIpc) is 3.05. The molecule has 2 atom stereocenters. The number of hydrogen-bond donors (Lipinski definition) is 3. The number of hydroxylamine groups is 1. The van der Waals surface area contributed by atoms with E-state index in [4.69, 9.17) is 0 Å². The van der Waals surface area contributed by atoms with Crippen molar-refractivity contribution in [1.29, 1.82) is 0 Å². The van der Waals surface area contributed by atoms with E-state index in [9.17, 15) is 24.7 Å².